The average molecular weight is 388 g/mol. The third-order valence-electron chi connectivity index (χ3n) is 4.42. The molecule has 1 N–H and O–H groups in total. The Morgan fingerprint density at radius 2 is 2.10 bits per heavy atom. The summed E-state index contributed by atoms with van der Waals surface area (Å²) in [4.78, 5) is 17.7. The first kappa shape index (κ1) is 18.1. The van der Waals surface area contributed by atoms with Crippen molar-refractivity contribution in [1.82, 2.24) is 9.97 Å². The van der Waals surface area contributed by atoms with E-state index >= 15 is 0 Å². The van der Waals surface area contributed by atoms with Gasteiger partial charge < -0.3 is 9.40 Å². The van der Waals surface area contributed by atoms with Crippen LogP contribution >= 0.6 is 0 Å². The lowest BCUT2D eigenvalue weighted by atomic mass is 10.1. The molecule has 0 bridgehead atoms. The molecule has 0 saturated carbocycles. The van der Waals surface area contributed by atoms with Crippen LogP contribution in [0.1, 0.15) is 17.1 Å². The number of imidazole rings is 1. The van der Waals surface area contributed by atoms with Crippen molar-refractivity contribution in [2.75, 3.05) is 0 Å². The number of halogens is 1. The van der Waals surface area contributed by atoms with Crippen molar-refractivity contribution < 1.29 is 13.7 Å². The van der Waals surface area contributed by atoms with E-state index in [0.717, 1.165) is 0 Å². The molecule has 142 valence electrons. The SMILES string of the molecule is Cc1cc([N+](=O)[O-])ccc1-c1ccc(/C=C(\C#N)c2nc3ccc(F)cc3[nH]2)o1. The molecule has 8 heteroatoms. The number of benzene rings is 2. The van der Waals surface area contributed by atoms with Crippen molar-refractivity contribution in [1.29, 1.82) is 5.26 Å². The van der Waals surface area contributed by atoms with Crippen LogP contribution in [0.2, 0.25) is 0 Å². The first-order chi connectivity index (χ1) is 13.9. The molecule has 7 nitrogen and oxygen atoms in total. The largest absolute Gasteiger partial charge is 0.457 e. The maximum Gasteiger partial charge on any atom is 0.269 e. The lowest BCUT2D eigenvalue weighted by Crippen LogP contribution is -1.89. The van der Waals surface area contributed by atoms with Gasteiger partial charge in [-0.25, -0.2) is 9.37 Å². The van der Waals surface area contributed by atoms with E-state index in [0.29, 0.717) is 39.5 Å². The second-order valence-electron chi connectivity index (χ2n) is 6.38. The molecule has 4 aromatic rings. The smallest absolute Gasteiger partial charge is 0.269 e. The first-order valence-electron chi connectivity index (χ1n) is 8.57. The second-order valence-corrected chi connectivity index (χ2v) is 6.38. The maximum absolute atomic E-state index is 13.4. The van der Waals surface area contributed by atoms with Crippen LogP contribution in [-0.4, -0.2) is 14.9 Å². The van der Waals surface area contributed by atoms with E-state index < -0.39 is 10.7 Å². The van der Waals surface area contributed by atoms with Gasteiger partial charge in [-0.2, -0.15) is 5.26 Å². The zero-order chi connectivity index (χ0) is 20.5. The van der Waals surface area contributed by atoms with Crippen LogP contribution in [0.4, 0.5) is 10.1 Å². The number of hydrogen-bond donors (Lipinski definition) is 1. The molecule has 0 unspecified atom stereocenters. The standard InChI is InChI=1S/C21H13FN4O3/c1-12-8-15(26(27)28)3-5-17(12)20-7-4-16(29-20)9-13(11-23)21-24-18-6-2-14(22)10-19(18)25-21/h2-10H,1H3,(H,24,25)/b13-9+. The molecule has 29 heavy (non-hydrogen) atoms. The zero-order valence-electron chi connectivity index (χ0n) is 15.1. The highest BCUT2D eigenvalue weighted by atomic mass is 19.1. The van der Waals surface area contributed by atoms with Crippen molar-refractivity contribution in [2.24, 2.45) is 0 Å². The molecule has 4 rings (SSSR count). The Morgan fingerprint density at radius 3 is 2.83 bits per heavy atom. The number of furan rings is 1. The summed E-state index contributed by atoms with van der Waals surface area (Å²) in [6, 6.07) is 14.1. The fourth-order valence-electron chi connectivity index (χ4n) is 3.02. The summed E-state index contributed by atoms with van der Waals surface area (Å²) in [6.45, 7) is 1.76. The van der Waals surface area contributed by atoms with Crippen molar-refractivity contribution in [3.63, 3.8) is 0 Å². The minimum absolute atomic E-state index is 0.00557. The van der Waals surface area contributed by atoms with Crippen LogP contribution in [0.25, 0.3) is 34.0 Å². The van der Waals surface area contributed by atoms with E-state index in [-0.39, 0.29) is 11.3 Å². The van der Waals surface area contributed by atoms with Crippen LogP contribution in [0.5, 0.6) is 0 Å². The number of nitro groups is 1. The van der Waals surface area contributed by atoms with Crippen LogP contribution in [0.15, 0.2) is 52.9 Å². The average Bonchev–Trinajstić information content (AvgIpc) is 3.32. The van der Waals surface area contributed by atoms with Crippen LogP contribution in [0.3, 0.4) is 0 Å². The van der Waals surface area contributed by atoms with Gasteiger partial charge in [0.25, 0.3) is 5.69 Å². The minimum Gasteiger partial charge on any atom is -0.457 e. The second kappa shape index (κ2) is 7.05. The summed E-state index contributed by atoms with van der Waals surface area (Å²) in [5, 5.41) is 20.4. The Labute approximate surface area is 163 Å². The number of nitriles is 1. The van der Waals surface area contributed by atoms with Gasteiger partial charge >= 0.3 is 0 Å². The molecular weight excluding hydrogens is 375 g/mol. The van der Waals surface area contributed by atoms with Gasteiger partial charge in [-0.1, -0.05) is 0 Å². The molecule has 0 spiro atoms. The molecule has 2 heterocycles. The highest BCUT2D eigenvalue weighted by Gasteiger charge is 2.13. The quantitative estimate of drug-likeness (QED) is 0.292. The van der Waals surface area contributed by atoms with Crippen LogP contribution in [-0.2, 0) is 0 Å². The highest BCUT2D eigenvalue weighted by Crippen LogP contribution is 2.29. The van der Waals surface area contributed by atoms with E-state index in [4.69, 9.17) is 4.42 Å². The normalized spacial score (nSPS) is 11.6. The molecular formula is C21H13FN4O3. The lowest BCUT2D eigenvalue weighted by Gasteiger charge is -2.02. The maximum atomic E-state index is 13.4. The minimum atomic E-state index is -0.453. The third kappa shape index (κ3) is 3.49. The van der Waals surface area contributed by atoms with Gasteiger partial charge in [0, 0.05) is 23.8 Å². The number of allylic oxidation sites excluding steroid dienone is 1. The van der Waals surface area contributed by atoms with Gasteiger partial charge in [0.2, 0.25) is 0 Å². The highest BCUT2D eigenvalue weighted by molar-refractivity contribution is 5.89. The van der Waals surface area contributed by atoms with E-state index in [2.05, 4.69) is 16.0 Å². The van der Waals surface area contributed by atoms with Crippen molar-refractivity contribution >= 4 is 28.4 Å². The molecule has 2 aromatic heterocycles. The molecule has 0 aliphatic rings. The van der Waals surface area contributed by atoms with E-state index in [1.54, 1.807) is 25.1 Å². The number of nitrogens with one attached hydrogen (secondary N) is 1. The monoisotopic (exact) mass is 388 g/mol. The molecule has 0 amide bonds. The molecule has 0 aliphatic heterocycles. The van der Waals surface area contributed by atoms with E-state index in [9.17, 15) is 19.8 Å². The van der Waals surface area contributed by atoms with Crippen molar-refractivity contribution in [2.45, 2.75) is 6.92 Å². The van der Waals surface area contributed by atoms with Gasteiger partial charge in [-0.05, 0) is 48.9 Å². The Balaban J connectivity index is 1.68. The van der Waals surface area contributed by atoms with Gasteiger partial charge in [0.05, 0.1) is 21.5 Å². The number of nitrogens with zero attached hydrogens (tertiary/aromatic N) is 3. The van der Waals surface area contributed by atoms with Crippen molar-refractivity contribution in [3.8, 4) is 17.4 Å². The van der Waals surface area contributed by atoms with Crippen LogP contribution < -0.4 is 0 Å². The Bertz CT molecular complexity index is 1330. The number of aryl methyl sites for hydroxylation is 1. The van der Waals surface area contributed by atoms with Gasteiger partial charge in [-0.3, -0.25) is 10.1 Å². The molecule has 2 aromatic carbocycles. The van der Waals surface area contributed by atoms with Gasteiger partial charge in [-0.15, -0.1) is 0 Å². The summed E-state index contributed by atoms with van der Waals surface area (Å²) in [5.41, 5.74) is 2.68. The Hall–Kier alpha value is -4.25. The zero-order valence-corrected chi connectivity index (χ0v) is 15.1. The number of aromatic amines is 1. The fourth-order valence-corrected chi connectivity index (χ4v) is 3.02. The summed E-state index contributed by atoms with van der Waals surface area (Å²) in [5.74, 6) is 0.843. The number of rotatable bonds is 4. The number of nitro benzene ring substituents is 1. The van der Waals surface area contributed by atoms with Gasteiger partial charge in [0.1, 0.15) is 29.2 Å². The fraction of sp³-hybridized carbons (Fsp3) is 0.0476. The predicted octanol–water partition coefficient (Wildman–Crippen LogP) is 5.24. The number of hydrogen-bond acceptors (Lipinski definition) is 5. The predicted molar refractivity (Wildman–Crippen MR) is 105 cm³/mol. The number of fused-ring (bicyclic) bond motifs is 1. The third-order valence-corrected chi connectivity index (χ3v) is 4.42. The molecule has 0 saturated heterocycles. The number of aromatic nitrogens is 2. The first-order valence-corrected chi connectivity index (χ1v) is 8.57. The topological polar surface area (TPSA) is 109 Å². The number of H-pyrrole nitrogens is 1. The van der Waals surface area contributed by atoms with Gasteiger partial charge in [0.15, 0.2) is 0 Å². The molecule has 0 fully saturated rings. The van der Waals surface area contributed by atoms with E-state index in [1.807, 2.05) is 0 Å². The molecule has 0 radical (unpaired) electrons. The van der Waals surface area contributed by atoms with Crippen molar-refractivity contribution in [3.05, 3.63) is 81.6 Å². The molecule has 0 atom stereocenters. The lowest BCUT2D eigenvalue weighted by molar-refractivity contribution is -0.384. The Morgan fingerprint density at radius 1 is 1.28 bits per heavy atom. The summed E-state index contributed by atoms with van der Waals surface area (Å²) in [7, 11) is 0. The summed E-state index contributed by atoms with van der Waals surface area (Å²) in [6.07, 6.45) is 1.53. The van der Waals surface area contributed by atoms with Crippen LogP contribution in [0, 0.1) is 34.2 Å². The molecule has 0 aliphatic carbocycles. The van der Waals surface area contributed by atoms with E-state index in [1.165, 1.54) is 36.4 Å². The summed E-state index contributed by atoms with van der Waals surface area (Å²) < 4.78 is 19.2. The summed E-state index contributed by atoms with van der Waals surface area (Å²) >= 11 is 0. The Kier molecular flexibility index (Phi) is 4.41. The number of non-ortho nitro benzene ring substituents is 1.